The van der Waals surface area contributed by atoms with Gasteiger partial charge < -0.3 is 19.3 Å². The number of rotatable bonds is 8. The fourth-order valence-corrected chi connectivity index (χ4v) is 4.57. The molecule has 2 aliphatic heterocycles. The lowest BCUT2D eigenvalue weighted by molar-refractivity contribution is 0.122. The van der Waals surface area contributed by atoms with Crippen LogP contribution in [0.2, 0.25) is 0 Å². The summed E-state index contributed by atoms with van der Waals surface area (Å²) in [6.07, 6.45) is 5.26. The van der Waals surface area contributed by atoms with Crippen molar-refractivity contribution >= 4 is 40.0 Å². The van der Waals surface area contributed by atoms with Gasteiger partial charge in [-0.05, 0) is 43.0 Å². The highest BCUT2D eigenvalue weighted by atomic mass is 79.9. The van der Waals surface area contributed by atoms with E-state index in [9.17, 15) is 0 Å². The van der Waals surface area contributed by atoms with Crippen LogP contribution in [-0.2, 0) is 11.3 Å². The summed E-state index contributed by atoms with van der Waals surface area (Å²) >= 11 is 3.54. The maximum Gasteiger partial charge on any atom is 0.250 e. The number of nitrogens with one attached hydrogen (secondary N) is 1. The minimum absolute atomic E-state index is 0.421. The summed E-state index contributed by atoms with van der Waals surface area (Å²) in [6, 6.07) is 15.9. The first-order valence-electron chi connectivity index (χ1n) is 12.3. The van der Waals surface area contributed by atoms with Crippen molar-refractivity contribution in [3.05, 3.63) is 64.1 Å². The number of piperidine rings is 1. The molecule has 2 aliphatic rings. The molecule has 10 heteroatoms. The fourth-order valence-electron chi connectivity index (χ4n) is 4.19. The third kappa shape index (κ3) is 6.50. The zero-order valence-corrected chi connectivity index (χ0v) is 21.7. The highest BCUT2D eigenvalue weighted by molar-refractivity contribution is 9.10. The average molecular weight is 552 g/mol. The molecule has 0 saturated carbocycles. The van der Waals surface area contributed by atoms with Crippen molar-refractivity contribution in [1.82, 2.24) is 15.0 Å². The van der Waals surface area contributed by atoms with Gasteiger partial charge in [0.05, 0.1) is 19.4 Å². The van der Waals surface area contributed by atoms with E-state index in [4.69, 9.17) is 14.5 Å². The largest absolute Gasteiger partial charge is 0.488 e. The number of aromatic nitrogens is 3. The highest BCUT2D eigenvalue weighted by Gasteiger charge is 2.20. The van der Waals surface area contributed by atoms with E-state index in [1.807, 2.05) is 48.5 Å². The summed E-state index contributed by atoms with van der Waals surface area (Å²) in [5.74, 6) is 2.51. The second-order valence-electron chi connectivity index (χ2n) is 8.73. The van der Waals surface area contributed by atoms with Crippen LogP contribution in [0, 0.1) is 0 Å². The zero-order chi connectivity index (χ0) is 24.6. The van der Waals surface area contributed by atoms with Crippen molar-refractivity contribution in [3.63, 3.8) is 0 Å². The molecule has 0 aliphatic carbocycles. The Morgan fingerprint density at radius 2 is 1.64 bits per heavy atom. The van der Waals surface area contributed by atoms with Crippen LogP contribution in [0.5, 0.6) is 5.75 Å². The van der Waals surface area contributed by atoms with Crippen LogP contribution >= 0.6 is 15.9 Å². The van der Waals surface area contributed by atoms with Crippen molar-refractivity contribution in [2.45, 2.75) is 25.9 Å². The molecule has 3 heterocycles. The van der Waals surface area contributed by atoms with Gasteiger partial charge in [-0.1, -0.05) is 46.3 Å². The minimum Gasteiger partial charge on any atom is -0.488 e. The molecule has 2 aromatic carbocycles. The molecule has 188 valence electrons. The van der Waals surface area contributed by atoms with E-state index in [0.29, 0.717) is 37.7 Å². The van der Waals surface area contributed by atoms with E-state index in [-0.39, 0.29) is 0 Å². The number of anilines is 3. The lowest BCUT2D eigenvalue weighted by Gasteiger charge is -2.30. The Kier molecular flexibility index (Phi) is 8.24. The lowest BCUT2D eigenvalue weighted by Crippen LogP contribution is -2.38. The summed E-state index contributed by atoms with van der Waals surface area (Å²) in [5, 5.41) is 4.45. The Bertz CT molecular complexity index is 1130. The van der Waals surface area contributed by atoms with Crippen LogP contribution in [-0.4, -0.2) is 60.6 Å². The molecule has 0 spiro atoms. The van der Waals surface area contributed by atoms with Gasteiger partial charge in [-0.3, -0.25) is 0 Å². The molecular formula is C26H30BrN7O2. The van der Waals surface area contributed by atoms with Crippen molar-refractivity contribution in [1.29, 1.82) is 0 Å². The van der Waals surface area contributed by atoms with Gasteiger partial charge in [-0.25, -0.2) is 5.43 Å². The third-order valence-electron chi connectivity index (χ3n) is 6.12. The van der Waals surface area contributed by atoms with Crippen LogP contribution in [0.15, 0.2) is 58.1 Å². The van der Waals surface area contributed by atoms with E-state index >= 15 is 0 Å². The molecule has 3 aromatic rings. The van der Waals surface area contributed by atoms with Crippen molar-refractivity contribution in [2.24, 2.45) is 5.10 Å². The summed E-state index contributed by atoms with van der Waals surface area (Å²) < 4.78 is 12.5. The number of nitrogens with zero attached hydrogens (tertiary/aromatic N) is 6. The Morgan fingerprint density at radius 1 is 0.917 bits per heavy atom. The quantitative estimate of drug-likeness (QED) is 0.323. The topological polar surface area (TPSA) is 88.0 Å². The van der Waals surface area contributed by atoms with Gasteiger partial charge in [0.15, 0.2) is 0 Å². The molecule has 2 saturated heterocycles. The van der Waals surface area contributed by atoms with Crippen LogP contribution in [0.3, 0.4) is 0 Å². The molecule has 0 bridgehead atoms. The Labute approximate surface area is 219 Å². The number of halogens is 1. The van der Waals surface area contributed by atoms with E-state index in [0.717, 1.165) is 60.4 Å². The number of hydrazone groups is 1. The minimum atomic E-state index is 0.421. The Morgan fingerprint density at radius 3 is 2.39 bits per heavy atom. The molecular weight excluding hydrogens is 522 g/mol. The third-order valence-corrected chi connectivity index (χ3v) is 6.62. The Balaban J connectivity index is 1.34. The molecule has 0 radical (unpaired) electrons. The van der Waals surface area contributed by atoms with E-state index in [2.05, 4.69) is 46.2 Å². The zero-order valence-electron chi connectivity index (χ0n) is 20.1. The molecule has 5 rings (SSSR count). The van der Waals surface area contributed by atoms with Gasteiger partial charge in [-0.15, -0.1) is 0 Å². The molecule has 2 fully saturated rings. The summed E-state index contributed by atoms with van der Waals surface area (Å²) in [6.45, 7) is 5.23. The van der Waals surface area contributed by atoms with E-state index in [1.165, 1.54) is 6.42 Å². The molecule has 1 aromatic heterocycles. The number of ether oxygens (including phenoxy) is 2. The monoisotopic (exact) mass is 551 g/mol. The predicted octanol–water partition coefficient (Wildman–Crippen LogP) is 4.49. The molecule has 0 unspecified atom stereocenters. The first-order chi connectivity index (χ1) is 17.7. The maximum absolute atomic E-state index is 6.07. The van der Waals surface area contributed by atoms with Crippen molar-refractivity contribution < 1.29 is 9.47 Å². The first kappa shape index (κ1) is 24.5. The standard InChI is InChI=1S/C26H30BrN7O2/c27-22-9-10-23(36-19-20-7-3-1-4-8-20)21(17-22)18-28-32-24-29-25(33-11-5-2-6-12-33)31-26(30-24)34-13-15-35-16-14-34/h1,3-4,7-10,17-18H,2,5-6,11-16,19H2,(H,29,30,31,32)/b28-18-. The smallest absolute Gasteiger partial charge is 0.250 e. The lowest BCUT2D eigenvalue weighted by atomic mass is 10.1. The predicted molar refractivity (Wildman–Crippen MR) is 145 cm³/mol. The number of benzene rings is 2. The van der Waals surface area contributed by atoms with E-state index < -0.39 is 0 Å². The SMILES string of the molecule is Brc1ccc(OCc2ccccc2)c(/C=N\Nc2nc(N3CCCCC3)nc(N3CCOCC3)n2)c1. The van der Waals surface area contributed by atoms with Crippen LogP contribution in [0.4, 0.5) is 17.8 Å². The molecule has 9 nitrogen and oxygen atoms in total. The maximum atomic E-state index is 6.07. The van der Waals surface area contributed by atoms with Crippen LogP contribution in [0.1, 0.15) is 30.4 Å². The van der Waals surface area contributed by atoms with Gasteiger partial charge in [-0.2, -0.15) is 20.1 Å². The summed E-state index contributed by atoms with van der Waals surface area (Å²) in [4.78, 5) is 18.5. The van der Waals surface area contributed by atoms with Crippen molar-refractivity contribution in [2.75, 3.05) is 54.6 Å². The Hall–Kier alpha value is -3.24. The van der Waals surface area contributed by atoms with Gasteiger partial charge in [0, 0.05) is 36.2 Å². The number of morpholine rings is 1. The van der Waals surface area contributed by atoms with Crippen molar-refractivity contribution in [3.8, 4) is 5.75 Å². The first-order valence-corrected chi connectivity index (χ1v) is 13.1. The molecule has 0 atom stereocenters. The second kappa shape index (κ2) is 12.1. The van der Waals surface area contributed by atoms with Gasteiger partial charge >= 0.3 is 0 Å². The fraction of sp³-hybridized carbons (Fsp3) is 0.385. The van der Waals surface area contributed by atoms with Crippen LogP contribution < -0.4 is 20.0 Å². The second-order valence-corrected chi connectivity index (χ2v) is 9.65. The highest BCUT2D eigenvalue weighted by Crippen LogP contribution is 2.24. The van der Waals surface area contributed by atoms with Gasteiger partial charge in [0.25, 0.3) is 0 Å². The van der Waals surface area contributed by atoms with Crippen LogP contribution in [0.25, 0.3) is 0 Å². The molecule has 36 heavy (non-hydrogen) atoms. The molecule has 1 N–H and O–H groups in total. The van der Waals surface area contributed by atoms with Gasteiger partial charge in [0.2, 0.25) is 17.8 Å². The normalized spacial score (nSPS) is 16.4. The average Bonchev–Trinajstić information content (AvgIpc) is 2.94. The molecule has 0 amide bonds. The number of hydrogen-bond acceptors (Lipinski definition) is 9. The summed E-state index contributed by atoms with van der Waals surface area (Å²) in [5.41, 5.74) is 4.97. The van der Waals surface area contributed by atoms with Gasteiger partial charge in [0.1, 0.15) is 12.4 Å². The number of hydrogen-bond donors (Lipinski definition) is 1. The van der Waals surface area contributed by atoms with E-state index in [1.54, 1.807) is 6.21 Å². The summed E-state index contributed by atoms with van der Waals surface area (Å²) in [7, 11) is 0.